The zero-order valence-electron chi connectivity index (χ0n) is 20.2. The Bertz CT molecular complexity index is 902. The van der Waals surface area contributed by atoms with Crippen LogP contribution in [0.2, 0.25) is 0 Å². The van der Waals surface area contributed by atoms with E-state index in [1.165, 1.54) is 0 Å². The highest BCUT2D eigenvalue weighted by Gasteiger charge is 2.42. The number of esters is 4. The van der Waals surface area contributed by atoms with Crippen LogP contribution >= 0.6 is 0 Å². The highest BCUT2D eigenvalue weighted by atomic mass is 16.6. The standard InChI is InChI=1S/C22H28O14/c1-11(24)5-17(29)33-10-15(28)21(35-19(31)7-13(3)26)22(36-20(32)8-14(4)27)16(9-23)34-18(30)6-12(2)25/h16,21-23H,5-10H2,1-4H3/t16-,21+,22+/m1/s1. The van der Waals surface area contributed by atoms with E-state index in [1.54, 1.807) is 0 Å². The summed E-state index contributed by atoms with van der Waals surface area (Å²) in [5.41, 5.74) is 0. The molecule has 0 aliphatic heterocycles. The maximum absolute atomic E-state index is 12.8. The predicted molar refractivity (Wildman–Crippen MR) is 114 cm³/mol. The predicted octanol–water partition coefficient (Wildman–Crippen LogP) is -1.26. The highest BCUT2D eigenvalue weighted by Crippen LogP contribution is 2.17. The monoisotopic (exact) mass is 516 g/mol. The van der Waals surface area contributed by atoms with Crippen molar-refractivity contribution in [2.75, 3.05) is 13.2 Å². The lowest BCUT2D eigenvalue weighted by atomic mass is 10.0. The average molecular weight is 516 g/mol. The van der Waals surface area contributed by atoms with Gasteiger partial charge in [0.1, 0.15) is 48.8 Å². The number of hydrogen-bond donors (Lipinski definition) is 1. The van der Waals surface area contributed by atoms with Gasteiger partial charge in [-0.3, -0.25) is 43.2 Å². The van der Waals surface area contributed by atoms with Crippen molar-refractivity contribution in [3.8, 4) is 0 Å². The molecule has 0 unspecified atom stereocenters. The molecule has 0 aromatic heterocycles. The smallest absolute Gasteiger partial charge is 0.314 e. The van der Waals surface area contributed by atoms with Crippen molar-refractivity contribution in [3.63, 3.8) is 0 Å². The molecule has 14 heteroatoms. The van der Waals surface area contributed by atoms with E-state index in [0.29, 0.717) is 0 Å². The molecular formula is C22H28O14. The Morgan fingerprint density at radius 1 is 0.583 bits per heavy atom. The van der Waals surface area contributed by atoms with Crippen LogP contribution in [0.5, 0.6) is 0 Å². The summed E-state index contributed by atoms with van der Waals surface area (Å²) >= 11 is 0. The maximum Gasteiger partial charge on any atom is 0.314 e. The van der Waals surface area contributed by atoms with Gasteiger partial charge in [0, 0.05) is 0 Å². The molecule has 0 radical (unpaired) electrons. The first-order valence-electron chi connectivity index (χ1n) is 10.5. The molecule has 200 valence electrons. The molecule has 0 saturated carbocycles. The summed E-state index contributed by atoms with van der Waals surface area (Å²) in [6.45, 7) is 2.00. The van der Waals surface area contributed by atoms with Gasteiger partial charge in [-0.15, -0.1) is 0 Å². The maximum atomic E-state index is 12.8. The lowest BCUT2D eigenvalue weighted by Crippen LogP contribution is -2.52. The minimum Gasteiger partial charge on any atom is -0.457 e. The van der Waals surface area contributed by atoms with Gasteiger partial charge in [-0.05, 0) is 27.7 Å². The second-order valence-electron chi connectivity index (χ2n) is 7.72. The van der Waals surface area contributed by atoms with Gasteiger partial charge in [0.25, 0.3) is 0 Å². The van der Waals surface area contributed by atoms with Gasteiger partial charge in [-0.25, -0.2) is 0 Å². The Kier molecular flexibility index (Phi) is 14.3. The van der Waals surface area contributed by atoms with Crippen molar-refractivity contribution in [3.05, 3.63) is 0 Å². The number of Topliss-reactive ketones (excluding diaryl/α,β-unsaturated/α-hetero) is 5. The molecule has 0 heterocycles. The van der Waals surface area contributed by atoms with E-state index in [9.17, 15) is 48.3 Å². The number of carbonyl (C=O) groups is 9. The fourth-order valence-electron chi connectivity index (χ4n) is 2.54. The number of ether oxygens (including phenoxy) is 4. The molecule has 36 heavy (non-hydrogen) atoms. The molecule has 0 spiro atoms. The fourth-order valence-corrected chi connectivity index (χ4v) is 2.54. The van der Waals surface area contributed by atoms with E-state index in [2.05, 4.69) is 4.74 Å². The first-order chi connectivity index (χ1) is 16.7. The summed E-state index contributed by atoms with van der Waals surface area (Å²) in [4.78, 5) is 106. The normalized spacial score (nSPS) is 12.8. The molecule has 0 saturated heterocycles. The summed E-state index contributed by atoms with van der Waals surface area (Å²) in [7, 11) is 0. The minimum atomic E-state index is -2.19. The zero-order chi connectivity index (χ0) is 28.0. The van der Waals surface area contributed by atoms with Crippen LogP contribution in [0.3, 0.4) is 0 Å². The van der Waals surface area contributed by atoms with Gasteiger partial charge >= 0.3 is 23.9 Å². The molecule has 0 bridgehead atoms. The van der Waals surface area contributed by atoms with E-state index >= 15 is 0 Å². The summed E-state index contributed by atoms with van der Waals surface area (Å²) in [5.74, 6) is -8.63. The van der Waals surface area contributed by atoms with Crippen LogP contribution in [-0.2, 0) is 62.1 Å². The fraction of sp³-hybridized carbons (Fsp3) is 0.591. The first-order valence-corrected chi connectivity index (χ1v) is 10.5. The van der Waals surface area contributed by atoms with Gasteiger partial charge in [-0.1, -0.05) is 0 Å². The Hall–Kier alpha value is -3.81. The van der Waals surface area contributed by atoms with Gasteiger partial charge in [0.2, 0.25) is 11.9 Å². The lowest BCUT2D eigenvalue weighted by molar-refractivity contribution is -0.192. The van der Waals surface area contributed by atoms with Gasteiger partial charge in [-0.2, -0.15) is 0 Å². The number of ketones is 5. The van der Waals surface area contributed by atoms with Crippen LogP contribution in [0.25, 0.3) is 0 Å². The molecule has 0 aromatic carbocycles. The summed E-state index contributed by atoms with van der Waals surface area (Å²) in [5, 5.41) is 9.75. The average Bonchev–Trinajstić information content (AvgIpc) is 2.70. The Labute approximate surface area is 205 Å². The molecule has 3 atom stereocenters. The minimum absolute atomic E-state index is 0.578. The summed E-state index contributed by atoms with van der Waals surface area (Å²) < 4.78 is 19.5. The summed E-state index contributed by atoms with van der Waals surface area (Å²) in [6, 6.07) is 0. The second-order valence-corrected chi connectivity index (χ2v) is 7.72. The van der Waals surface area contributed by atoms with Crippen LogP contribution < -0.4 is 0 Å². The van der Waals surface area contributed by atoms with Crippen molar-refractivity contribution in [1.29, 1.82) is 0 Å². The molecule has 0 amide bonds. The number of carbonyl (C=O) groups excluding carboxylic acids is 9. The summed E-state index contributed by atoms with van der Waals surface area (Å²) in [6.07, 6.45) is -9.23. The number of hydrogen-bond acceptors (Lipinski definition) is 14. The zero-order valence-corrected chi connectivity index (χ0v) is 20.2. The van der Waals surface area contributed by atoms with Crippen LogP contribution in [0.1, 0.15) is 53.4 Å². The topological polar surface area (TPSA) is 211 Å². The molecule has 0 rings (SSSR count). The van der Waals surface area contributed by atoms with Gasteiger partial charge in [0.05, 0.1) is 6.61 Å². The largest absolute Gasteiger partial charge is 0.457 e. The Balaban J connectivity index is 6.19. The van der Waals surface area contributed by atoms with Gasteiger partial charge in [0.15, 0.2) is 18.8 Å². The van der Waals surface area contributed by atoms with E-state index in [-0.39, 0.29) is 0 Å². The molecule has 14 nitrogen and oxygen atoms in total. The third-order valence-electron chi connectivity index (χ3n) is 3.92. The van der Waals surface area contributed by atoms with E-state index in [0.717, 1.165) is 27.7 Å². The van der Waals surface area contributed by atoms with Crippen molar-refractivity contribution in [2.45, 2.75) is 71.7 Å². The molecule has 0 aromatic rings. The van der Waals surface area contributed by atoms with Crippen molar-refractivity contribution >= 4 is 52.8 Å². The second kappa shape index (κ2) is 16.0. The molecular weight excluding hydrogens is 488 g/mol. The van der Waals surface area contributed by atoms with Crippen molar-refractivity contribution in [1.82, 2.24) is 0 Å². The number of aliphatic hydroxyl groups excluding tert-OH is 1. The van der Waals surface area contributed by atoms with Crippen molar-refractivity contribution in [2.24, 2.45) is 0 Å². The quantitative estimate of drug-likeness (QED) is 0.136. The number of aliphatic hydroxyl groups is 1. The van der Waals surface area contributed by atoms with E-state index < -0.39 is 110 Å². The van der Waals surface area contributed by atoms with E-state index in [1.807, 2.05) is 0 Å². The molecule has 0 aliphatic rings. The van der Waals surface area contributed by atoms with E-state index in [4.69, 9.17) is 14.2 Å². The molecule has 0 fully saturated rings. The van der Waals surface area contributed by atoms with Crippen LogP contribution in [0, 0.1) is 0 Å². The Morgan fingerprint density at radius 3 is 1.39 bits per heavy atom. The van der Waals surface area contributed by atoms with Crippen molar-refractivity contribution < 1.29 is 67.2 Å². The molecule has 0 aliphatic carbocycles. The highest BCUT2D eigenvalue weighted by molar-refractivity contribution is 5.98. The van der Waals surface area contributed by atoms with Gasteiger partial charge < -0.3 is 24.1 Å². The third-order valence-corrected chi connectivity index (χ3v) is 3.92. The van der Waals surface area contributed by atoms with Crippen LogP contribution in [0.4, 0.5) is 0 Å². The number of rotatable bonds is 17. The Morgan fingerprint density at radius 2 is 0.972 bits per heavy atom. The third kappa shape index (κ3) is 13.8. The van der Waals surface area contributed by atoms with Crippen LogP contribution in [-0.4, -0.2) is 89.4 Å². The first kappa shape index (κ1) is 32.2. The SMILES string of the molecule is CC(=O)CC(=O)OCC(=O)[C@H](OC(=O)CC(C)=O)[C@@H](OC(=O)CC(C)=O)[C@@H](CO)OC(=O)CC(C)=O. The molecule has 1 N–H and O–H groups in total. The lowest BCUT2D eigenvalue weighted by Gasteiger charge is -2.30. The van der Waals surface area contributed by atoms with Crippen LogP contribution in [0.15, 0.2) is 0 Å².